The van der Waals surface area contributed by atoms with Crippen LogP contribution in [-0.4, -0.2) is 20.6 Å². The molecule has 19 heavy (non-hydrogen) atoms. The number of nitrogens with zero attached hydrogens (tertiary/aromatic N) is 2. The molecule has 2 aromatic carbocycles. The van der Waals surface area contributed by atoms with Crippen LogP contribution in [0.5, 0.6) is 0 Å². The third kappa shape index (κ3) is 1.97. The van der Waals surface area contributed by atoms with Crippen LogP contribution in [0.2, 0.25) is 0 Å². The van der Waals surface area contributed by atoms with Crippen LogP contribution in [0, 0.1) is 0 Å². The highest BCUT2D eigenvalue weighted by Crippen LogP contribution is 2.24. The SMILES string of the molecule is Cn1cnc2cc(-c3cccc(C(=O)O)c3)ccc21. The van der Waals surface area contributed by atoms with Crippen LogP contribution in [0.4, 0.5) is 0 Å². The van der Waals surface area contributed by atoms with E-state index in [9.17, 15) is 4.79 Å². The number of carboxylic acid groups (broad SMARTS) is 1. The van der Waals surface area contributed by atoms with Crippen molar-refractivity contribution < 1.29 is 9.90 Å². The Kier molecular flexibility index (Phi) is 2.56. The number of aromatic nitrogens is 2. The van der Waals surface area contributed by atoms with Gasteiger partial charge in [-0.3, -0.25) is 0 Å². The summed E-state index contributed by atoms with van der Waals surface area (Å²) in [5.74, 6) is -0.916. The van der Waals surface area contributed by atoms with Crippen molar-refractivity contribution >= 4 is 17.0 Å². The first-order valence-corrected chi connectivity index (χ1v) is 5.90. The van der Waals surface area contributed by atoms with E-state index in [1.165, 1.54) is 0 Å². The zero-order valence-corrected chi connectivity index (χ0v) is 10.4. The molecule has 0 radical (unpaired) electrons. The molecule has 0 saturated heterocycles. The van der Waals surface area contributed by atoms with Crippen LogP contribution in [0.3, 0.4) is 0 Å². The molecule has 1 N–H and O–H groups in total. The van der Waals surface area contributed by atoms with Gasteiger partial charge in [-0.2, -0.15) is 0 Å². The summed E-state index contributed by atoms with van der Waals surface area (Å²) in [6.45, 7) is 0. The molecular formula is C15H12N2O2. The van der Waals surface area contributed by atoms with Crippen molar-refractivity contribution in [3.8, 4) is 11.1 Å². The second-order valence-corrected chi connectivity index (χ2v) is 4.44. The summed E-state index contributed by atoms with van der Waals surface area (Å²) in [5, 5.41) is 9.02. The molecule has 0 unspecified atom stereocenters. The fourth-order valence-electron chi connectivity index (χ4n) is 2.15. The average molecular weight is 252 g/mol. The van der Waals surface area contributed by atoms with Gasteiger partial charge in [0.1, 0.15) is 0 Å². The number of hydrogen-bond donors (Lipinski definition) is 1. The molecule has 3 rings (SSSR count). The number of carboxylic acids is 1. The molecule has 0 aliphatic rings. The van der Waals surface area contributed by atoms with Crippen molar-refractivity contribution in [1.82, 2.24) is 9.55 Å². The summed E-state index contributed by atoms with van der Waals surface area (Å²) in [6, 6.07) is 12.8. The quantitative estimate of drug-likeness (QED) is 0.763. The van der Waals surface area contributed by atoms with Gasteiger partial charge in [-0.15, -0.1) is 0 Å². The predicted molar refractivity (Wildman–Crippen MR) is 73.1 cm³/mol. The molecule has 0 aliphatic carbocycles. The Morgan fingerprint density at radius 2 is 1.95 bits per heavy atom. The van der Waals surface area contributed by atoms with Crippen molar-refractivity contribution in [3.63, 3.8) is 0 Å². The summed E-state index contributed by atoms with van der Waals surface area (Å²) < 4.78 is 1.95. The van der Waals surface area contributed by atoms with Crippen molar-refractivity contribution in [2.24, 2.45) is 7.05 Å². The largest absolute Gasteiger partial charge is 0.478 e. The molecule has 0 spiro atoms. The predicted octanol–water partition coefficient (Wildman–Crippen LogP) is 2.94. The minimum atomic E-state index is -0.916. The number of aromatic carboxylic acids is 1. The van der Waals surface area contributed by atoms with Crippen molar-refractivity contribution in [2.75, 3.05) is 0 Å². The molecule has 0 aliphatic heterocycles. The van der Waals surface area contributed by atoms with Crippen LogP contribution in [0.15, 0.2) is 48.8 Å². The number of carbonyl (C=O) groups is 1. The number of aryl methyl sites for hydroxylation is 1. The molecule has 1 heterocycles. The fraction of sp³-hybridized carbons (Fsp3) is 0.0667. The maximum absolute atomic E-state index is 11.0. The van der Waals surface area contributed by atoms with Gasteiger partial charge in [0.25, 0.3) is 0 Å². The van der Waals surface area contributed by atoms with E-state index in [0.717, 1.165) is 22.2 Å². The highest BCUT2D eigenvalue weighted by Gasteiger charge is 2.06. The van der Waals surface area contributed by atoms with Gasteiger partial charge in [0.2, 0.25) is 0 Å². The summed E-state index contributed by atoms with van der Waals surface area (Å²) >= 11 is 0. The van der Waals surface area contributed by atoms with Crippen LogP contribution in [-0.2, 0) is 7.05 Å². The average Bonchev–Trinajstić information content (AvgIpc) is 2.80. The minimum absolute atomic E-state index is 0.290. The summed E-state index contributed by atoms with van der Waals surface area (Å²) in [4.78, 5) is 15.3. The summed E-state index contributed by atoms with van der Waals surface area (Å²) in [5.41, 5.74) is 4.10. The monoisotopic (exact) mass is 252 g/mol. The van der Waals surface area contributed by atoms with Crippen LogP contribution in [0.25, 0.3) is 22.2 Å². The molecule has 3 aromatic rings. The lowest BCUT2D eigenvalue weighted by Gasteiger charge is -2.03. The van der Waals surface area contributed by atoms with Crippen molar-refractivity contribution in [1.29, 1.82) is 0 Å². The van der Waals surface area contributed by atoms with E-state index >= 15 is 0 Å². The van der Waals surface area contributed by atoms with Gasteiger partial charge < -0.3 is 9.67 Å². The third-order valence-electron chi connectivity index (χ3n) is 3.17. The highest BCUT2D eigenvalue weighted by molar-refractivity contribution is 5.90. The van der Waals surface area contributed by atoms with E-state index < -0.39 is 5.97 Å². The second-order valence-electron chi connectivity index (χ2n) is 4.44. The lowest BCUT2D eigenvalue weighted by atomic mass is 10.0. The number of imidazole rings is 1. The van der Waals surface area contributed by atoms with E-state index in [4.69, 9.17) is 5.11 Å². The molecule has 0 fully saturated rings. The topological polar surface area (TPSA) is 55.1 Å². The number of benzene rings is 2. The van der Waals surface area contributed by atoms with Gasteiger partial charge in [-0.25, -0.2) is 9.78 Å². The highest BCUT2D eigenvalue weighted by atomic mass is 16.4. The summed E-state index contributed by atoms with van der Waals surface area (Å²) in [7, 11) is 1.94. The van der Waals surface area contributed by atoms with Gasteiger partial charge in [0, 0.05) is 7.05 Å². The van der Waals surface area contributed by atoms with Crippen LogP contribution in [0.1, 0.15) is 10.4 Å². The van der Waals surface area contributed by atoms with E-state index in [1.54, 1.807) is 24.5 Å². The third-order valence-corrected chi connectivity index (χ3v) is 3.17. The molecule has 1 aromatic heterocycles. The lowest BCUT2D eigenvalue weighted by molar-refractivity contribution is 0.0697. The molecule has 0 saturated carbocycles. The molecule has 0 bridgehead atoms. The van der Waals surface area contributed by atoms with Gasteiger partial charge in [-0.1, -0.05) is 18.2 Å². The van der Waals surface area contributed by atoms with Crippen LogP contribution >= 0.6 is 0 Å². The summed E-state index contributed by atoms with van der Waals surface area (Å²) in [6.07, 6.45) is 1.77. The van der Waals surface area contributed by atoms with Gasteiger partial charge >= 0.3 is 5.97 Å². The van der Waals surface area contributed by atoms with Gasteiger partial charge in [0.15, 0.2) is 0 Å². The zero-order chi connectivity index (χ0) is 13.4. The molecule has 4 nitrogen and oxygen atoms in total. The first-order chi connectivity index (χ1) is 9.15. The first kappa shape index (κ1) is 11.5. The Balaban J connectivity index is 2.13. The molecule has 0 atom stereocenters. The fourth-order valence-corrected chi connectivity index (χ4v) is 2.15. The van der Waals surface area contributed by atoms with Crippen molar-refractivity contribution in [3.05, 3.63) is 54.4 Å². The normalized spacial score (nSPS) is 10.8. The smallest absolute Gasteiger partial charge is 0.335 e. The van der Waals surface area contributed by atoms with E-state index in [0.29, 0.717) is 5.56 Å². The molecule has 0 amide bonds. The molecule has 94 valence electrons. The number of rotatable bonds is 2. The van der Waals surface area contributed by atoms with E-state index in [2.05, 4.69) is 4.98 Å². The lowest BCUT2D eigenvalue weighted by Crippen LogP contribution is -1.95. The Labute approximate surface area is 109 Å². The first-order valence-electron chi connectivity index (χ1n) is 5.90. The van der Waals surface area contributed by atoms with Gasteiger partial charge in [-0.05, 0) is 35.4 Å². The van der Waals surface area contributed by atoms with E-state index in [-0.39, 0.29) is 0 Å². The maximum atomic E-state index is 11.0. The Bertz CT molecular complexity index is 775. The number of hydrogen-bond acceptors (Lipinski definition) is 2. The van der Waals surface area contributed by atoms with Crippen LogP contribution < -0.4 is 0 Å². The second kappa shape index (κ2) is 4.24. The standard InChI is InChI=1S/C15H12N2O2/c1-17-9-16-13-8-11(5-6-14(13)17)10-3-2-4-12(7-10)15(18)19/h2-9H,1H3,(H,18,19). The molecular weight excluding hydrogens is 240 g/mol. The zero-order valence-electron chi connectivity index (χ0n) is 10.4. The maximum Gasteiger partial charge on any atom is 0.335 e. The van der Waals surface area contributed by atoms with E-state index in [1.807, 2.05) is 35.9 Å². The van der Waals surface area contributed by atoms with Crippen molar-refractivity contribution in [2.45, 2.75) is 0 Å². The minimum Gasteiger partial charge on any atom is -0.478 e. The molecule has 4 heteroatoms. The Morgan fingerprint density at radius 3 is 2.74 bits per heavy atom. The Hall–Kier alpha value is -2.62. The van der Waals surface area contributed by atoms with Gasteiger partial charge in [0.05, 0.1) is 22.9 Å². The Morgan fingerprint density at radius 1 is 1.16 bits per heavy atom. The number of fused-ring (bicyclic) bond motifs is 1.